The predicted octanol–water partition coefficient (Wildman–Crippen LogP) is 5.67. The van der Waals surface area contributed by atoms with E-state index in [1.165, 1.54) is 20.8 Å². The Labute approximate surface area is 276 Å². The number of carboxylic acid groups (broad SMARTS) is 1. The fraction of sp³-hybridized carbons (Fsp3) is 0.452. The number of nitrogens with zero attached hydrogens (tertiary/aromatic N) is 2. The summed E-state index contributed by atoms with van der Waals surface area (Å²) in [6.07, 6.45) is -14.0. The molecule has 2 aromatic rings. The molecule has 3 rings (SSSR count). The van der Waals surface area contributed by atoms with Crippen LogP contribution < -0.4 is 20.7 Å². The molecule has 0 aromatic heterocycles. The monoisotopic (exact) mass is 703 g/mol. The highest BCUT2D eigenvalue weighted by Gasteiger charge is 2.84. The summed E-state index contributed by atoms with van der Waals surface area (Å²) in [7, 11) is 1.12. The second-order valence-corrected chi connectivity index (χ2v) is 11.8. The average molecular weight is 704 g/mol. The number of ether oxygens (including phenoxy) is 1. The van der Waals surface area contributed by atoms with Gasteiger partial charge in [-0.25, -0.2) is 14.5 Å². The van der Waals surface area contributed by atoms with Crippen molar-refractivity contribution in [1.29, 1.82) is 0 Å². The highest BCUT2D eigenvalue weighted by Crippen LogP contribution is 2.53. The molecule has 12 nitrogen and oxygen atoms in total. The van der Waals surface area contributed by atoms with E-state index in [1.807, 2.05) is 0 Å². The minimum absolute atomic E-state index is 0.0372. The van der Waals surface area contributed by atoms with Crippen molar-refractivity contribution in [3.63, 3.8) is 0 Å². The van der Waals surface area contributed by atoms with Crippen molar-refractivity contribution >= 4 is 41.2 Å². The number of carbonyl (C=O) groups is 5. The first kappa shape index (κ1) is 38.4. The molecule has 1 heterocycles. The molecule has 268 valence electrons. The number of carbonyl (C=O) groups excluding carboxylic acids is 4. The Kier molecular flexibility index (Phi) is 11.5. The summed E-state index contributed by atoms with van der Waals surface area (Å²) < 4.78 is 93.4. The van der Waals surface area contributed by atoms with Crippen molar-refractivity contribution < 1.29 is 60.2 Å². The highest BCUT2D eigenvalue weighted by molar-refractivity contribution is 6.11. The van der Waals surface area contributed by atoms with Crippen LogP contribution in [-0.4, -0.2) is 81.8 Å². The Bertz CT molecular complexity index is 1580. The lowest BCUT2D eigenvalue weighted by molar-refractivity contribution is -0.315. The van der Waals surface area contributed by atoms with E-state index in [4.69, 9.17) is 9.84 Å². The molecule has 18 heteroatoms. The number of para-hydroxylation sites is 1. The number of amides is 6. The minimum atomic E-state index is -6.42. The molecule has 0 bridgehead atoms. The van der Waals surface area contributed by atoms with Gasteiger partial charge in [-0.05, 0) is 55.5 Å². The Balaban J connectivity index is 2.06. The van der Waals surface area contributed by atoms with E-state index in [1.54, 1.807) is 31.2 Å². The summed E-state index contributed by atoms with van der Waals surface area (Å²) in [6, 6.07) is 3.77. The van der Waals surface area contributed by atoms with Gasteiger partial charge in [0.15, 0.2) is 0 Å². The van der Waals surface area contributed by atoms with Gasteiger partial charge in [-0.2, -0.15) is 26.3 Å². The first-order chi connectivity index (χ1) is 22.6. The number of hydrogen-bond acceptors (Lipinski definition) is 6. The Hall–Kier alpha value is -5.03. The van der Waals surface area contributed by atoms with Gasteiger partial charge < -0.3 is 25.8 Å². The zero-order valence-corrected chi connectivity index (χ0v) is 27.0. The number of urea groups is 2. The van der Waals surface area contributed by atoms with Crippen LogP contribution in [0.15, 0.2) is 42.5 Å². The number of rotatable bonds is 12. The molecular formula is C31H35F6N5O7. The number of alkyl halides is 6. The second-order valence-electron chi connectivity index (χ2n) is 11.8. The second kappa shape index (κ2) is 14.6. The lowest BCUT2D eigenvalue weighted by Gasteiger charge is -2.37. The number of aliphatic carboxylic acids is 1. The number of benzene rings is 2. The molecule has 49 heavy (non-hydrogen) atoms. The van der Waals surface area contributed by atoms with Gasteiger partial charge in [0.2, 0.25) is 5.91 Å². The molecule has 0 spiro atoms. The van der Waals surface area contributed by atoms with E-state index < -0.39 is 90.0 Å². The smallest absolute Gasteiger partial charge is 0.430 e. The number of hydrogen-bond donors (Lipinski definition) is 4. The van der Waals surface area contributed by atoms with Crippen LogP contribution in [0.25, 0.3) is 0 Å². The van der Waals surface area contributed by atoms with Gasteiger partial charge >= 0.3 is 35.9 Å². The van der Waals surface area contributed by atoms with Crippen LogP contribution >= 0.6 is 0 Å². The van der Waals surface area contributed by atoms with E-state index in [9.17, 15) is 50.3 Å². The molecule has 0 unspecified atom stereocenters. The van der Waals surface area contributed by atoms with Gasteiger partial charge in [0.25, 0.3) is 5.91 Å². The van der Waals surface area contributed by atoms with E-state index in [-0.39, 0.29) is 21.9 Å². The number of carboxylic acids is 1. The van der Waals surface area contributed by atoms with Crippen LogP contribution in [-0.2, 0) is 20.9 Å². The summed E-state index contributed by atoms with van der Waals surface area (Å²) in [5.74, 6) is -6.25. The first-order valence-electron chi connectivity index (χ1n) is 14.8. The molecule has 1 aliphatic heterocycles. The van der Waals surface area contributed by atoms with Gasteiger partial charge in [0.05, 0.1) is 19.2 Å². The first-order valence-corrected chi connectivity index (χ1v) is 14.8. The number of aryl methyl sites for hydroxylation is 1. The standard InChI is InChI=1S/C31H35F6N5O7/c1-16(2)12-22(25(45)38-18(4)13-24(43)44)42-26(46)29(30(32,33)34,31(35,36)37)41(28(42)48)15-19-10-11-21(23(14-19)49-5)40-27(47)39-20-9-7-6-8-17(20)3/h6-11,14,16,18,22H,12-13,15H2,1-5H3,(H,38,45)(H,43,44)(H2,39,40,47)/t18-,22+/m1/s1. The number of anilines is 2. The molecule has 4 N–H and O–H groups in total. The van der Waals surface area contributed by atoms with Gasteiger partial charge in [-0.1, -0.05) is 38.1 Å². The fourth-order valence-electron chi connectivity index (χ4n) is 5.36. The van der Waals surface area contributed by atoms with Gasteiger partial charge in [0, 0.05) is 18.3 Å². The molecule has 0 saturated carbocycles. The largest absolute Gasteiger partial charge is 0.495 e. The molecule has 1 saturated heterocycles. The van der Waals surface area contributed by atoms with Crippen LogP contribution in [0.3, 0.4) is 0 Å². The van der Waals surface area contributed by atoms with Crippen molar-refractivity contribution in [2.45, 2.75) is 77.1 Å². The third-order valence-corrected chi connectivity index (χ3v) is 7.62. The van der Waals surface area contributed by atoms with E-state index in [2.05, 4.69) is 16.0 Å². The lowest BCUT2D eigenvalue weighted by atomic mass is 9.93. The third kappa shape index (κ3) is 8.00. The normalized spacial score (nSPS) is 16.0. The van der Waals surface area contributed by atoms with Crippen LogP contribution in [0, 0.1) is 12.8 Å². The average Bonchev–Trinajstić information content (AvgIpc) is 3.19. The van der Waals surface area contributed by atoms with Crippen molar-refractivity contribution in [3.8, 4) is 5.75 Å². The molecule has 2 atom stereocenters. The lowest BCUT2D eigenvalue weighted by Crippen LogP contribution is -2.69. The summed E-state index contributed by atoms with van der Waals surface area (Å²) in [4.78, 5) is 62.9. The number of imide groups is 1. The van der Waals surface area contributed by atoms with Crippen LogP contribution in [0.2, 0.25) is 0 Å². The highest BCUT2D eigenvalue weighted by atomic mass is 19.4. The van der Waals surface area contributed by atoms with Crippen LogP contribution in [0.4, 0.5) is 47.3 Å². The zero-order valence-electron chi connectivity index (χ0n) is 27.0. The maximum atomic E-state index is 14.7. The van der Waals surface area contributed by atoms with Crippen molar-refractivity contribution in [3.05, 3.63) is 53.6 Å². The van der Waals surface area contributed by atoms with E-state index in [0.29, 0.717) is 5.69 Å². The Morgan fingerprint density at radius 3 is 2.06 bits per heavy atom. The maximum absolute atomic E-state index is 14.7. The van der Waals surface area contributed by atoms with Crippen molar-refractivity contribution in [1.82, 2.24) is 15.1 Å². The Morgan fingerprint density at radius 1 is 0.939 bits per heavy atom. The van der Waals surface area contributed by atoms with Gasteiger partial charge in [-0.15, -0.1) is 0 Å². The Morgan fingerprint density at radius 2 is 1.53 bits per heavy atom. The minimum Gasteiger partial charge on any atom is -0.495 e. The third-order valence-electron chi connectivity index (χ3n) is 7.62. The van der Waals surface area contributed by atoms with Crippen molar-refractivity contribution in [2.75, 3.05) is 17.7 Å². The predicted molar refractivity (Wildman–Crippen MR) is 163 cm³/mol. The topological polar surface area (TPSA) is 157 Å². The molecular weight excluding hydrogens is 668 g/mol. The number of methoxy groups -OCH3 is 1. The summed E-state index contributed by atoms with van der Waals surface area (Å²) in [5.41, 5.74) is -4.61. The SMILES string of the molecule is COc1cc(CN2C(=O)N([C@@H](CC(C)C)C(=O)N[C@H](C)CC(=O)O)C(=O)C2(C(F)(F)F)C(F)(F)F)ccc1NC(=O)Nc1ccccc1C. The van der Waals surface area contributed by atoms with Crippen molar-refractivity contribution in [2.24, 2.45) is 5.92 Å². The summed E-state index contributed by atoms with van der Waals surface area (Å²) in [6.45, 7) is 4.42. The molecule has 2 aromatic carbocycles. The van der Waals surface area contributed by atoms with Gasteiger partial charge in [-0.3, -0.25) is 19.3 Å². The molecule has 1 fully saturated rings. The molecule has 6 amide bonds. The number of nitrogens with one attached hydrogen (secondary N) is 3. The zero-order chi connectivity index (χ0) is 37.1. The van der Waals surface area contributed by atoms with Crippen LogP contribution in [0.5, 0.6) is 5.75 Å². The molecule has 0 radical (unpaired) electrons. The van der Waals surface area contributed by atoms with Gasteiger partial charge in [0.1, 0.15) is 11.8 Å². The van der Waals surface area contributed by atoms with Crippen LogP contribution in [0.1, 0.15) is 44.7 Å². The maximum Gasteiger partial charge on any atom is 0.430 e. The quantitative estimate of drug-likeness (QED) is 0.164. The van der Waals surface area contributed by atoms with E-state index in [0.717, 1.165) is 30.9 Å². The fourth-order valence-corrected chi connectivity index (χ4v) is 5.36. The summed E-state index contributed by atoms with van der Waals surface area (Å²) in [5, 5.41) is 16.2. The molecule has 1 aliphatic rings. The van der Waals surface area contributed by atoms with E-state index >= 15 is 0 Å². The number of halogens is 6. The summed E-state index contributed by atoms with van der Waals surface area (Å²) >= 11 is 0. The molecule has 0 aliphatic carbocycles.